The zero-order valence-corrected chi connectivity index (χ0v) is 12.9. The molecule has 0 aliphatic heterocycles. The Morgan fingerprint density at radius 2 is 1.87 bits per heavy atom. The van der Waals surface area contributed by atoms with Gasteiger partial charge in [-0.05, 0) is 38.5 Å². The van der Waals surface area contributed by atoms with Crippen molar-refractivity contribution < 1.29 is 28.5 Å². The summed E-state index contributed by atoms with van der Waals surface area (Å²) >= 11 is 0. The lowest BCUT2D eigenvalue weighted by Crippen LogP contribution is -2.38. The van der Waals surface area contributed by atoms with Crippen LogP contribution in [0.25, 0.3) is 0 Å². The number of aliphatic hydroxyl groups is 2. The number of nitrogens with one attached hydrogen (secondary N) is 1. The van der Waals surface area contributed by atoms with Crippen molar-refractivity contribution in [3.05, 3.63) is 34.9 Å². The summed E-state index contributed by atoms with van der Waals surface area (Å²) in [7, 11) is 0. The molecule has 23 heavy (non-hydrogen) atoms. The number of ether oxygens (including phenoxy) is 1. The molecule has 0 bridgehead atoms. The molecule has 0 radical (unpaired) electrons. The van der Waals surface area contributed by atoms with Gasteiger partial charge in [0.25, 0.3) is 0 Å². The van der Waals surface area contributed by atoms with E-state index in [4.69, 9.17) is 10.00 Å². The first-order valence-electron chi connectivity index (χ1n) is 6.77. The van der Waals surface area contributed by atoms with Crippen LogP contribution in [-0.4, -0.2) is 34.6 Å². The van der Waals surface area contributed by atoms with Crippen molar-refractivity contribution in [3.8, 4) is 6.07 Å². The van der Waals surface area contributed by atoms with Crippen LogP contribution in [0, 0.1) is 23.0 Å². The minimum Gasteiger partial charge on any atom is -0.444 e. The number of amides is 1. The predicted octanol–water partition coefficient (Wildman–Crippen LogP) is 1.76. The summed E-state index contributed by atoms with van der Waals surface area (Å²) in [5.74, 6) is -2.29. The second kappa shape index (κ2) is 7.35. The highest BCUT2D eigenvalue weighted by Gasteiger charge is 2.23. The molecule has 0 aliphatic carbocycles. The minimum atomic E-state index is -1.65. The van der Waals surface area contributed by atoms with Gasteiger partial charge in [0.2, 0.25) is 0 Å². The lowest BCUT2D eigenvalue weighted by molar-refractivity contribution is 0.0126. The molecule has 2 atom stereocenters. The maximum atomic E-state index is 13.5. The SMILES string of the molecule is CC(C)(C)OC(=O)NCC(O)C(O)c1cc(F)c(C#N)c(F)c1. The van der Waals surface area contributed by atoms with E-state index in [0.29, 0.717) is 0 Å². The summed E-state index contributed by atoms with van der Waals surface area (Å²) in [5.41, 5.74) is -1.76. The van der Waals surface area contributed by atoms with E-state index in [1.807, 2.05) is 0 Å². The van der Waals surface area contributed by atoms with Crippen LogP contribution < -0.4 is 5.32 Å². The van der Waals surface area contributed by atoms with Gasteiger partial charge in [-0.1, -0.05) is 0 Å². The Hall–Kier alpha value is -2.24. The van der Waals surface area contributed by atoms with Gasteiger partial charge in [0.15, 0.2) is 0 Å². The van der Waals surface area contributed by atoms with Gasteiger partial charge in [0.05, 0.1) is 0 Å². The first-order valence-corrected chi connectivity index (χ1v) is 6.77. The Labute approximate surface area is 132 Å². The third-order valence-corrected chi connectivity index (χ3v) is 2.74. The zero-order chi connectivity index (χ0) is 17.8. The van der Waals surface area contributed by atoms with Gasteiger partial charge in [-0.2, -0.15) is 5.26 Å². The molecule has 2 unspecified atom stereocenters. The third-order valence-electron chi connectivity index (χ3n) is 2.74. The number of hydrogen-bond acceptors (Lipinski definition) is 5. The van der Waals surface area contributed by atoms with Gasteiger partial charge in [-0.25, -0.2) is 13.6 Å². The van der Waals surface area contributed by atoms with Crippen molar-refractivity contribution in [2.24, 2.45) is 0 Å². The molecule has 0 spiro atoms. The van der Waals surface area contributed by atoms with Crippen LogP contribution in [0.3, 0.4) is 0 Å². The number of alkyl carbamates (subject to hydrolysis) is 1. The number of carbonyl (C=O) groups is 1. The van der Waals surface area contributed by atoms with E-state index in [9.17, 15) is 23.8 Å². The summed E-state index contributed by atoms with van der Waals surface area (Å²) in [4.78, 5) is 11.4. The average Bonchev–Trinajstić information content (AvgIpc) is 2.41. The average molecular weight is 328 g/mol. The van der Waals surface area contributed by atoms with Crippen LogP contribution >= 0.6 is 0 Å². The van der Waals surface area contributed by atoms with Crippen molar-refractivity contribution >= 4 is 6.09 Å². The number of nitriles is 1. The summed E-state index contributed by atoms with van der Waals surface area (Å²) in [6.45, 7) is 4.57. The molecule has 1 aromatic rings. The first-order chi connectivity index (χ1) is 10.5. The fourth-order valence-electron chi connectivity index (χ4n) is 1.71. The molecule has 1 aromatic carbocycles. The van der Waals surface area contributed by atoms with Gasteiger partial charge in [0.1, 0.15) is 41.1 Å². The molecule has 0 fully saturated rings. The normalized spacial score (nSPS) is 13.8. The highest BCUT2D eigenvalue weighted by molar-refractivity contribution is 5.67. The number of aliphatic hydroxyl groups excluding tert-OH is 2. The maximum Gasteiger partial charge on any atom is 0.407 e. The Morgan fingerprint density at radius 3 is 2.30 bits per heavy atom. The molecule has 1 amide bonds. The van der Waals surface area contributed by atoms with Gasteiger partial charge in [-0.15, -0.1) is 0 Å². The quantitative estimate of drug-likeness (QED) is 0.781. The Balaban J connectivity index is 2.73. The fourth-order valence-corrected chi connectivity index (χ4v) is 1.71. The Morgan fingerprint density at radius 1 is 1.35 bits per heavy atom. The first kappa shape index (κ1) is 18.8. The van der Waals surface area contributed by atoms with Crippen molar-refractivity contribution in [2.75, 3.05) is 6.54 Å². The monoisotopic (exact) mass is 328 g/mol. The largest absolute Gasteiger partial charge is 0.444 e. The van der Waals surface area contributed by atoms with E-state index in [1.54, 1.807) is 20.8 Å². The number of nitrogens with zero attached hydrogens (tertiary/aromatic N) is 1. The summed E-state index contributed by atoms with van der Waals surface area (Å²) in [5, 5.41) is 30.5. The molecule has 0 heterocycles. The lowest BCUT2D eigenvalue weighted by Gasteiger charge is -2.22. The molecule has 1 rings (SSSR count). The minimum absolute atomic E-state index is 0.252. The maximum absolute atomic E-state index is 13.5. The second-order valence-electron chi connectivity index (χ2n) is 5.87. The molecular weight excluding hydrogens is 310 g/mol. The standard InChI is InChI=1S/C15H18F2N2O4/c1-15(2,3)23-14(22)19-7-12(20)13(21)8-4-10(16)9(6-18)11(17)5-8/h4-5,12-13,20-21H,7H2,1-3H3,(H,19,22). The highest BCUT2D eigenvalue weighted by atomic mass is 19.1. The number of hydrogen-bond donors (Lipinski definition) is 3. The number of carbonyl (C=O) groups excluding carboxylic acids is 1. The summed E-state index contributed by atoms with van der Waals surface area (Å²) < 4.78 is 31.9. The second-order valence-corrected chi connectivity index (χ2v) is 5.87. The molecule has 6 nitrogen and oxygen atoms in total. The van der Waals surface area contributed by atoms with Crippen molar-refractivity contribution in [3.63, 3.8) is 0 Å². The van der Waals surface area contributed by atoms with Crippen LogP contribution in [0.15, 0.2) is 12.1 Å². The molecule has 0 aromatic heterocycles. The van der Waals surface area contributed by atoms with Crippen LogP contribution in [-0.2, 0) is 4.74 Å². The molecule has 3 N–H and O–H groups in total. The lowest BCUT2D eigenvalue weighted by atomic mass is 10.0. The molecule has 0 saturated heterocycles. The van der Waals surface area contributed by atoms with Crippen LogP contribution in [0.5, 0.6) is 0 Å². The van der Waals surface area contributed by atoms with E-state index in [1.165, 1.54) is 6.07 Å². The molecule has 0 aliphatic rings. The number of halogens is 2. The molecule has 126 valence electrons. The van der Waals surface area contributed by atoms with Gasteiger partial charge in [0, 0.05) is 6.54 Å². The number of rotatable bonds is 4. The highest BCUT2D eigenvalue weighted by Crippen LogP contribution is 2.22. The zero-order valence-electron chi connectivity index (χ0n) is 12.9. The molecule has 0 saturated carbocycles. The third kappa shape index (κ3) is 5.47. The van der Waals surface area contributed by atoms with Gasteiger partial charge < -0.3 is 20.3 Å². The van der Waals surface area contributed by atoms with Gasteiger partial charge in [-0.3, -0.25) is 0 Å². The van der Waals surface area contributed by atoms with E-state index >= 15 is 0 Å². The summed E-state index contributed by atoms with van der Waals surface area (Å²) in [6, 6.07) is 2.86. The molecular formula is C15H18F2N2O4. The smallest absolute Gasteiger partial charge is 0.407 e. The van der Waals surface area contributed by atoms with E-state index in [-0.39, 0.29) is 12.1 Å². The Bertz CT molecular complexity index is 600. The van der Waals surface area contributed by atoms with Crippen molar-refractivity contribution in [2.45, 2.75) is 38.6 Å². The molecule has 8 heteroatoms. The Kier molecular flexibility index (Phi) is 6.01. The summed E-state index contributed by atoms with van der Waals surface area (Å²) in [6.07, 6.45) is -3.98. The van der Waals surface area contributed by atoms with Crippen molar-refractivity contribution in [1.29, 1.82) is 5.26 Å². The van der Waals surface area contributed by atoms with Gasteiger partial charge >= 0.3 is 6.09 Å². The van der Waals surface area contributed by atoms with Crippen LogP contribution in [0.4, 0.5) is 13.6 Å². The predicted molar refractivity (Wildman–Crippen MR) is 76.3 cm³/mol. The van der Waals surface area contributed by atoms with Crippen LogP contribution in [0.2, 0.25) is 0 Å². The van der Waals surface area contributed by atoms with E-state index in [0.717, 1.165) is 12.1 Å². The fraction of sp³-hybridized carbons (Fsp3) is 0.467. The van der Waals surface area contributed by atoms with E-state index < -0.39 is 41.1 Å². The van der Waals surface area contributed by atoms with Crippen LogP contribution in [0.1, 0.15) is 38.0 Å². The van der Waals surface area contributed by atoms with Crippen molar-refractivity contribution in [1.82, 2.24) is 5.32 Å². The number of benzene rings is 1. The van der Waals surface area contributed by atoms with E-state index in [2.05, 4.69) is 5.32 Å². The topological polar surface area (TPSA) is 103 Å².